The Morgan fingerprint density at radius 3 is 2.19 bits per heavy atom. The van der Waals surface area contributed by atoms with Crippen LogP contribution in [0.15, 0.2) is 30.6 Å². The molecule has 4 rings (SSSR count). The summed E-state index contributed by atoms with van der Waals surface area (Å²) < 4.78 is 81.0. The van der Waals surface area contributed by atoms with Gasteiger partial charge in [0, 0.05) is 39.6 Å². The molecular formula is C24H27F6N5O2. The van der Waals surface area contributed by atoms with Crippen LogP contribution in [0.4, 0.5) is 36.8 Å². The minimum atomic E-state index is -4.76. The minimum absolute atomic E-state index is 0.120. The molecule has 1 aromatic heterocycles. The molecule has 0 radical (unpaired) electrons. The van der Waals surface area contributed by atoms with E-state index >= 15 is 0 Å². The third-order valence-electron chi connectivity index (χ3n) is 7.40. The Bertz CT molecular complexity index is 1160. The van der Waals surface area contributed by atoms with Gasteiger partial charge in [0.2, 0.25) is 5.91 Å². The number of amides is 2. The summed E-state index contributed by atoms with van der Waals surface area (Å²) in [5.41, 5.74) is -2.12. The third-order valence-corrected chi connectivity index (χ3v) is 7.40. The van der Waals surface area contributed by atoms with E-state index in [1.54, 1.807) is 23.9 Å². The Hall–Kier alpha value is -3.09. The third kappa shape index (κ3) is 5.60. The van der Waals surface area contributed by atoms with Gasteiger partial charge in [0.15, 0.2) is 0 Å². The van der Waals surface area contributed by atoms with Crippen LogP contribution in [0.25, 0.3) is 0 Å². The smallest absolute Gasteiger partial charge is 0.322 e. The van der Waals surface area contributed by atoms with Gasteiger partial charge in [-0.15, -0.1) is 0 Å². The number of hydrogen-bond acceptors (Lipinski definition) is 4. The Balaban J connectivity index is 1.40. The first-order valence-corrected chi connectivity index (χ1v) is 11.7. The van der Waals surface area contributed by atoms with Crippen LogP contribution >= 0.6 is 0 Å². The van der Waals surface area contributed by atoms with E-state index in [0.29, 0.717) is 49.8 Å². The summed E-state index contributed by atoms with van der Waals surface area (Å²) in [5.74, 6) is 0.0372. The van der Waals surface area contributed by atoms with E-state index in [2.05, 4.69) is 5.10 Å². The summed E-state index contributed by atoms with van der Waals surface area (Å²) in [4.78, 5) is 29.1. The second kappa shape index (κ2) is 9.66. The predicted octanol–water partition coefficient (Wildman–Crippen LogP) is 4.71. The van der Waals surface area contributed by atoms with Gasteiger partial charge in [0.25, 0.3) is 0 Å². The quantitative estimate of drug-likeness (QED) is 0.536. The number of aromatic nitrogens is 2. The number of carbonyl (C=O) groups is 2. The first-order valence-electron chi connectivity index (χ1n) is 11.7. The van der Waals surface area contributed by atoms with Crippen molar-refractivity contribution in [3.8, 4) is 0 Å². The summed E-state index contributed by atoms with van der Waals surface area (Å²) in [6, 6.07) is 1.08. The van der Waals surface area contributed by atoms with Crippen LogP contribution in [0.1, 0.15) is 36.5 Å². The molecule has 37 heavy (non-hydrogen) atoms. The van der Waals surface area contributed by atoms with Gasteiger partial charge in [0.1, 0.15) is 0 Å². The zero-order valence-corrected chi connectivity index (χ0v) is 20.5. The van der Waals surface area contributed by atoms with E-state index in [-0.39, 0.29) is 36.4 Å². The van der Waals surface area contributed by atoms with Crippen molar-refractivity contribution in [1.82, 2.24) is 19.6 Å². The lowest BCUT2D eigenvalue weighted by atomic mass is 10.0. The van der Waals surface area contributed by atoms with Gasteiger partial charge < -0.3 is 9.80 Å². The molecule has 1 aliphatic carbocycles. The molecular weight excluding hydrogens is 504 g/mol. The SMILES string of the molecule is CC(=O)N(C)c1cnn(C(=O)N2CC3CC(N(C)Cc4cc(C(F)(F)F)ccc4C(F)(F)F)C[C@H]3C2)c1. The van der Waals surface area contributed by atoms with E-state index < -0.39 is 29.0 Å². The molecule has 1 saturated carbocycles. The van der Waals surface area contributed by atoms with Gasteiger partial charge in [-0.25, -0.2) is 4.79 Å². The van der Waals surface area contributed by atoms with Crippen molar-refractivity contribution < 1.29 is 35.9 Å². The fraction of sp³-hybridized carbons (Fsp3) is 0.542. The maximum atomic E-state index is 13.5. The van der Waals surface area contributed by atoms with Crippen molar-refractivity contribution in [3.63, 3.8) is 0 Å². The Labute approximate surface area is 209 Å². The molecule has 2 aliphatic rings. The van der Waals surface area contributed by atoms with Crippen LogP contribution in [0.3, 0.4) is 0 Å². The fourth-order valence-corrected chi connectivity index (χ4v) is 5.28. The summed E-state index contributed by atoms with van der Waals surface area (Å²) in [6.45, 7) is 2.02. The highest BCUT2D eigenvalue weighted by Crippen LogP contribution is 2.42. The van der Waals surface area contributed by atoms with Gasteiger partial charge in [-0.2, -0.15) is 36.1 Å². The molecule has 0 N–H and O–H groups in total. The van der Waals surface area contributed by atoms with Crippen molar-refractivity contribution in [3.05, 3.63) is 47.3 Å². The Morgan fingerprint density at radius 1 is 1.03 bits per heavy atom. The molecule has 202 valence electrons. The largest absolute Gasteiger partial charge is 0.416 e. The number of alkyl halides is 6. The lowest BCUT2D eigenvalue weighted by molar-refractivity contribution is -0.142. The highest BCUT2D eigenvalue weighted by Gasteiger charge is 2.44. The molecule has 2 fully saturated rings. The van der Waals surface area contributed by atoms with Gasteiger partial charge in [-0.05, 0) is 55.5 Å². The fourth-order valence-electron chi connectivity index (χ4n) is 5.28. The molecule has 1 aliphatic heterocycles. The van der Waals surface area contributed by atoms with Crippen LogP contribution < -0.4 is 4.90 Å². The number of carbonyl (C=O) groups excluding carboxylic acids is 2. The number of benzene rings is 1. The molecule has 0 spiro atoms. The Kier molecular flexibility index (Phi) is 7.04. The molecule has 2 aromatic rings. The lowest BCUT2D eigenvalue weighted by Crippen LogP contribution is -2.36. The number of halogens is 6. The van der Waals surface area contributed by atoms with Crippen LogP contribution in [-0.2, 0) is 23.7 Å². The minimum Gasteiger partial charge on any atom is -0.322 e. The molecule has 1 aromatic carbocycles. The summed E-state index contributed by atoms with van der Waals surface area (Å²) in [6.07, 6.45) is -5.38. The lowest BCUT2D eigenvalue weighted by Gasteiger charge is -2.28. The highest BCUT2D eigenvalue weighted by molar-refractivity contribution is 5.91. The number of nitrogens with zero attached hydrogens (tertiary/aromatic N) is 5. The molecule has 2 unspecified atom stereocenters. The molecule has 2 amide bonds. The van der Waals surface area contributed by atoms with Crippen molar-refractivity contribution in [1.29, 1.82) is 0 Å². The normalized spacial score (nSPS) is 22.0. The number of fused-ring (bicyclic) bond motifs is 1. The first-order chi connectivity index (χ1) is 17.1. The average Bonchev–Trinajstić information content (AvgIpc) is 3.51. The van der Waals surface area contributed by atoms with E-state index in [9.17, 15) is 35.9 Å². The van der Waals surface area contributed by atoms with Crippen molar-refractivity contribution in [2.24, 2.45) is 11.8 Å². The molecule has 13 heteroatoms. The van der Waals surface area contributed by atoms with Crippen LogP contribution in [0.5, 0.6) is 0 Å². The predicted molar refractivity (Wildman–Crippen MR) is 122 cm³/mol. The molecule has 2 heterocycles. The zero-order chi connectivity index (χ0) is 27.3. The van der Waals surface area contributed by atoms with Crippen molar-refractivity contribution in [2.75, 3.05) is 32.1 Å². The maximum Gasteiger partial charge on any atom is 0.416 e. The van der Waals surface area contributed by atoms with E-state index in [1.165, 1.54) is 28.9 Å². The second-order valence-electron chi connectivity index (χ2n) is 9.84. The van der Waals surface area contributed by atoms with E-state index in [4.69, 9.17) is 0 Å². The topological polar surface area (TPSA) is 61.7 Å². The van der Waals surface area contributed by atoms with Crippen LogP contribution in [0, 0.1) is 11.8 Å². The molecule has 7 nitrogen and oxygen atoms in total. The van der Waals surface area contributed by atoms with Gasteiger partial charge in [0.05, 0.1) is 29.2 Å². The standard InChI is InChI=1S/C24H27F6N5O2/c1-14(36)33(3)20-9-31-35(13-20)22(37)34-11-15-7-19(8-16(15)12-34)32(2)10-17-6-18(23(25,26)27)4-5-21(17)24(28,29)30/h4-6,9,13,15-16,19H,7-8,10-12H2,1-3H3/t15-,16?,19?/m0/s1. The zero-order valence-electron chi connectivity index (χ0n) is 20.5. The summed E-state index contributed by atoms with van der Waals surface area (Å²) in [5, 5.41) is 4.05. The average molecular weight is 532 g/mol. The van der Waals surface area contributed by atoms with E-state index in [1.807, 2.05) is 0 Å². The van der Waals surface area contributed by atoms with Gasteiger partial charge >= 0.3 is 18.4 Å². The number of likely N-dealkylation sites (tertiary alicyclic amines) is 1. The van der Waals surface area contributed by atoms with Gasteiger partial charge in [-0.3, -0.25) is 9.69 Å². The number of anilines is 1. The maximum absolute atomic E-state index is 13.5. The van der Waals surface area contributed by atoms with E-state index in [0.717, 1.165) is 0 Å². The van der Waals surface area contributed by atoms with Crippen molar-refractivity contribution in [2.45, 2.75) is 44.7 Å². The monoisotopic (exact) mass is 531 g/mol. The van der Waals surface area contributed by atoms with Gasteiger partial charge in [-0.1, -0.05) is 0 Å². The highest BCUT2D eigenvalue weighted by atomic mass is 19.4. The molecule has 1 saturated heterocycles. The molecule has 0 bridgehead atoms. The number of rotatable bonds is 4. The summed E-state index contributed by atoms with van der Waals surface area (Å²) in [7, 11) is 3.19. The Morgan fingerprint density at radius 2 is 1.65 bits per heavy atom. The number of hydrogen-bond donors (Lipinski definition) is 0. The van der Waals surface area contributed by atoms with Crippen molar-refractivity contribution >= 4 is 17.6 Å². The summed E-state index contributed by atoms with van der Waals surface area (Å²) >= 11 is 0. The van der Waals surface area contributed by atoms with Crippen LogP contribution in [0.2, 0.25) is 0 Å². The second-order valence-corrected chi connectivity index (χ2v) is 9.84. The molecule has 3 atom stereocenters. The van der Waals surface area contributed by atoms with Crippen LogP contribution in [-0.4, -0.2) is 64.7 Å². The first kappa shape index (κ1) is 27.0.